The molecule has 0 aliphatic rings. The molecule has 0 atom stereocenters. The van der Waals surface area contributed by atoms with Crippen LogP contribution in [0.4, 0.5) is 0 Å². The number of carboxylic acids is 1. The van der Waals surface area contributed by atoms with E-state index in [0.717, 1.165) is 5.56 Å². The Kier molecular flexibility index (Phi) is 6.78. The molecule has 2 aromatic rings. The van der Waals surface area contributed by atoms with Crippen molar-refractivity contribution in [3.05, 3.63) is 57.6 Å². The second-order valence-electron chi connectivity index (χ2n) is 8.92. The van der Waals surface area contributed by atoms with E-state index in [-0.39, 0.29) is 28.7 Å². The summed E-state index contributed by atoms with van der Waals surface area (Å²) in [5.74, 6) is -0.751. The maximum atomic E-state index is 12.3. The minimum atomic E-state index is -1.06. The van der Waals surface area contributed by atoms with Gasteiger partial charge >= 0.3 is 11.9 Å². The Morgan fingerprint density at radius 3 is 2.07 bits per heavy atom. The first-order valence-corrected chi connectivity index (χ1v) is 10.1. The predicted molar refractivity (Wildman–Crippen MR) is 116 cm³/mol. The third-order valence-electron chi connectivity index (χ3n) is 4.40. The number of hydrogen-bond donors (Lipinski definition) is 1. The highest BCUT2D eigenvalue weighted by Gasteiger charge is 2.23. The second kappa shape index (κ2) is 8.57. The van der Waals surface area contributed by atoms with Crippen molar-refractivity contribution < 1.29 is 24.2 Å². The van der Waals surface area contributed by atoms with Gasteiger partial charge in [0.1, 0.15) is 11.5 Å². The molecule has 2 aromatic carbocycles. The average Bonchev–Trinajstić information content (AvgIpc) is 2.59. The largest absolute Gasteiger partial charge is 0.482 e. The van der Waals surface area contributed by atoms with Crippen molar-refractivity contribution >= 4 is 27.9 Å². The number of benzene rings is 2. The summed E-state index contributed by atoms with van der Waals surface area (Å²) in [7, 11) is 0. The van der Waals surface area contributed by atoms with Crippen molar-refractivity contribution in [3.63, 3.8) is 0 Å². The van der Waals surface area contributed by atoms with Crippen LogP contribution >= 0.6 is 15.9 Å². The molecule has 0 spiro atoms. The number of carbonyl (C=O) groups is 2. The summed E-state index contributed by atoms with van der Waals surface area (Å²) in [6.45, 7) is 12.5. The Morgan fingerprint density at radius 2 is 1.55 bits per heavy atom. The number of hydrogen-bond acceptors (Lipinski definition) is 4. The van der Waals surface area contributed by atoms with Gasteiger partial charge in [-0.1, -0.05) is 53.7 Å². The van der Waals surface area contributed by atoms with E-state index in [1.54, 1.807) is 0 Å². The molecule has 0 saturated carbocycles. The molecule has 0 unspecified atom stereocenters. The zero-order valence-electron chi connectivity index (χ0n) is 17.6. The van der Waals surface area contributed by atoms with Gasteiger partial charge in [-0.15, -0.1) is 0 Å². The van der Waals surface area contributed by atoms with Crippen molar-refractivity contribution in [1.29, 1.82) is 0 Å². The SMILES string of the molecule is CC(C)(C)c1ccc(OCC(=O)Oc2ccc(C(=O)O)cc2Br)c(C(C)(C)C)c1. The van der Waals surface area contributed by atoms with E-state index in [9.17, 15) is 9.59 Å². The van der Waals surface area contributed by atoms with E-state index in [1.807, 2.05) is 12.1 Å². The molecule has 156 valence electrons. The molecule has 5 nitrogen and oxygen atoms in total. The Labute approximate surface area is 180 Å². The van der Waals surface area contributed by atoms with Crippen molar-refractivity contribution in [3.8, 4) is 11.5 Å². The molecule has 0 amide bonds. The average molecular weight is 463 g/mol. The smallest absolute Gasteiger partial charge is 0.349 e. The Balaban J connectivity index is 2.15. The first-order valence-electron chi connectivity index (χ1n) is 9.30. The fourth-order valence-electron chi connectivity index (χ4n) is 2.71. The summed E-state index contributed by atoms with van der Waals surface area (Å²) in [5.41, 5.74) is 2.16. The lowest BCUT2D eigenvalue weighted by Gasteiger charge is -2.27. The summed E-state index contributed by atoms with van der Waals surface area (Å²) in [6.07, 6.45) is 0. The number of halogens is 1. The number of carboxylic acid groups (broad SMARTS) is 1. The third-order valence-corrected chi connectivity index (χ3v) is 5.02. The summed E-state index contributed by atoms with van der Waals surface area (Å²) in [4.78, 5) is 23.3. The van der Waals surface area contributed by atoms with Crippen LogP contribution in [0.2, 0.25) is 0 Å². The van der Waals surface area contributed by atoms with Gasteiger partial charge < -0.3 is 14.6 Å². The Morgan fingerprint density at radius 1 is 0.931 bits per heavy atom. The van der Waals surface area contributed by atoms with Crippen LogP contribution in [0.25, 0.3) is 0 Å². The van der Waals surface area contributed by atoms with Gasteiger partial charge in [-0.3, -0.25) is 0 Å². The Bertz CT molecular complexity index is 920. The molecule has 29 heavy (non-hydrogen) atoms. The molecule has 0 aliphatic heterocycles. The summed E-state index contributed by atoms with van der Waals surface area (Å²) >= 11 is 3.22. The fourth-order valence-corrected chi connectivity index (χ4v) is 3.17. The van der Waals surface area contributed by atoms with E-state index in [4.69, 9.17) is 14.6 Å². The molecular formula is C23H27BrO5. The van der Waals surface area contributed by atoms with Crippen LogP contribution in [-0.2, 0) is 15.6 Å². The van der Waals surface area contributed by atoms with Gasteiger partial charge in [0.25, 0.3) is 0 Å². The van der Waals surface area contributed by atoms with Gasteiger partial charge in [0.15, 0.2) is 6.61 Å². The van der Waals surface area contributed by atoms with Crippen LogP contribution in [0.1, 0.15) is 63.0 Å². The van der Waals surface area contributed by atoms with Gasteiger partial charge in [-0.05, 0) is 62.2 Å². The van der Waals surface area contributed by atoms with Crippen molar-refractivity contribution in [2.24, 2.45) is 0 Å². The van der Waals surface area contributed by atoms with Gasteiger partial charge in [-0.2, -0.15) is 0 Å². The number of ether oxygens (including phenoxy) is 2. The number of rotatable bonds is 5. The standard InChI is InChI=1S/C23H27BrO5/c1-22(2,3)15-8-10-18(16(12-15)23(4,5)6)28-13-20(25)29-19-9-7-14(21(26)27)11-17(19)24/h7-12H,13H2,1-6H3,(H,26,27). The second-order valence-corrected chi connectivity index (χ2v) is 9.78. The van der Waals surface area contributed by atoms with E-state index < -0.39 is 11.9 Å². The van der Waals surface area contributed by atoms with Crippen LogP contribution in [-0.4, -0.2) is 23.7 Å². The molecule has 2 rings (SSSR count). The van der Waals surface area contributed by atoms with Crippen LogP contribution in [0.3, 0.4) is 0 Å². The number of aromatic carboxylic acids is 1. The highest BCUT2D eigenvalue weighted by atomic mass is 79.9. The van der Waals surface area contributed by atoms with E-state index >= 15 is 0 Å². The van der Waals surface area contributed by atoms with Crippen molar-refractivity contribution in [2.45, 2.75) is 52.4 Å². The monoisotopic (exact) mass is 462 g/mol. The van der Waals surface area contributed by atoms with E-state index in [2.05, 4.69) is 63.5 Å². The topological polar surface area (TPSA) is 72.8 Å². The maximum Gasteiger partial charge on any atom is 0.349 e. The van der Waals surface area contributed by atoms with Crippen molar-refractivity contribution in [2.75, 3.05) is 6.61 Å². The minimum Gasteiger partial charge on any atom is -0.482 e. The lowest BCUT2D eigenvalue weighted by atomic mass is 9.80. The predicted octanol–water partition coefficient (Wildman–Crippen LogP) is 5.73. The van der Waals surface area contributed by atoms with Gasteiger partial charge in [0.2, 0.25) is 0 Å². The quantitative estimate of drug-likeness (QED) is 0.453. The highest BCUT2D eigenvalue weighted by Crippen LogP contribution is 2.35. The fraction of sp³-hybridized carbons (Fsp3) is 0.391. The normalized spacial score (nSPS) is 11.8. The first kappa shape index (κ1) is 22.9. The summed E-state index contributed by atoms with van der Waals surface area (Å²) in [5, 5.41) is 9.01. The molecule has 0 radical (unpaired) electrons. The van der Waals surface area contributed by atoms with Gasteiger partial charge in [0.05, 0.1) is 10.0 Å². The lowest BCUT2D eigenvalue weighted by molar-refractivity contribution is -0.136. The Hall–Kier alpha value is -2.34. The summed E-state index contributed by atoms with van der Waals surface area (Å²) < 4.78 is 11.5. The van der Waals surface area contributed by atoms with Crippen LogP contribution < -0.4 is 9.47 Å². The molecule has 0 bridgehead atoms. The maximum absolute atomic E-state index is 12.3. The lowest BCUT2D eigenvalue weighted by Crippen LogP contribution is -2.21. The van der Waals surface area contributed by atoms with Crippen molar-refractivity contribution in [1.82, 2.24) is 0 Å². The molecule has 6 heteroatoms. The number of carbonyl (C=O) groups excluding carboxylic acids is 1. The molecular weight excluding hydrogens is 436 g/mol. The molecule has 0 aliphatic carbocycles. The van der Waals surface area contributed by atoms with E-state index in [1.165, 1.54) is 23.8 Å². The van der Waals surface area contributed by atoms with Crippen LogP contribution in [0.15, 0.2) is 40.9 Å². The molecule has 0 saturated heterocycles. The molecule has 1 N–H and O–H groups in total. The molecule has 0 fully saturated rings. The minimum absolute atomic E-state index is 0.00581. The van der Waals surface area contributed by atoms with Gasteiger partial charge in [0, 0.05) is 0 Å². The summed E-state index contributed by atoms with van der Waals surface area (Å²) in [6, 6.07) is 10.2. The highest BCUT2D eigenvalue weighted by molar-refractivity contribution is 9.10. The van der Waals surface area contributed by atoms with E-state index in [0.29, 0.717) is 10.2 Å². The molecule has 0 aromatic heterocycles. The molecule has 0 heterocycles. The van der Waals surface area contributed by atoms with Gasteiger partial charge in [-0.25, -0.2) is 9.59 Å². The van der Waals surface area contributed by atoms with Crippen LogP contribution in [0, 0.1) is 0 Å². The van der Waals surface area contributed by atoms with Crippen LogP contribution in [0.5, 0.6) is 11.5 Å². The third kappa shape index (κ3) is 6.07. The zero-order chi connectivity index (χ0) is 22.0. The zero-order valence-corrected chi connectivity index (χ0v) is 19.2. The first-order chi connectivity index (χ1) is 13.3. The number of esters is 1.